The second-order valence-corrected chi connectivity index (χ2v) is 4.89. The Balaban J connectivity index is 0.00000163. The van der Waals surface area contributed by atoms with Gasteiger partial charge in [-0.1, -0.05) is 18.2 Å². The molecule has 26 heavy (non-hydrogen) atoms. The number of anilines is 2. The van der Waals surface area contributed by atoms with Gasteiger partial charge in [0.05, 0.1) is 36.0 Å². The lowest BCUT2D eigenvalue weighted by Crippen LogP contribution is -2.15. The van der Waals surface area contributed by atoms with Crippen molar-refractivity contribution >= 4 is 23.3 Å². The van der Waals surface area contributed by atoms with Crippen LogP contribution < -0.4 is 20.8 Å². The predicted octanol–water partition coefficient (Wildman–Crippen LogP) is 1.45. The molecule has 0 bridgehead atoms. The van der Waals surface area contributed by atoms with Gasteiger partial charge >= 0.3 is 5.97 Å². The SMILES string of the molecule is CCOC(=O)c1cc(NC(=O)c2ccccc2)c(OC)cc1NC.N#[NH+]. The summed E-state index contributed by atoms with van der Waals surface area (Å²) in [5.41, 5.74) is 1.79. The number of carbonyl (C=O) groups is 2. The van der Waals surface area contributed by atoms with Gasteiger partial charge in [0.2, 0.25) is 5.39 Å². The van der Waals surface area contributed by atoms with Crippen molar-refractivity contribution in [2.45, 2.75) is 6.92 Å². The quantitative estimate of drug-likeness (QED) is 0.531. The van der Waals surface area contributed by atoms with Gasteiger partial charge in [0.15, 0.2) is 0 Å². The van der Waals surface area contributed by atoms with E-state index in [0.29, 0.717) is 28.3 Å². The van der Waals surface area contributed by atoms with Crippen LogP contribution in [-0.4, -0.2) is 32.6 Å². The largest absolute Gasteiger partial charge is 0.494 e. The van der Waals surface area contributed by atoms with E-state index in [1.54, 1.807) is 50.4 Å². The van der Waals surface area contributed by atoms with Gasteiger partial charge < -0.3 is 20.1 Å². The molecule has 1 amide bonds. The molecule has 0 spiro atoms. The van der Waals surface area contributed by atoms with Crippen LogP contribution in [0.4, 0.5) is 11.4 Å². The van der Waals surface area contributed by atoms with Gasteiger partial charge in [-0.3, -0.25) is 4.79 Å². The minimum absolute atomic E-state index is 0.264. The Morgan fingerprint density at radius 2 is 1.77 bits per heavy atom. The van der Waals surface area contributed by atoms with Crippen LogP contribution in [0.5, 0.6) is 5.75 Å². The molecular formula is C18H21N4O4+. The van der Waals surface area contributed by atoms with Gasteiger partial charge in [0.1, 0.15) is 5.75 Å². The molecule has 0 radical (unpaired) electrons. The Bertz CT molecular complexity index is 776. The third-order valence-corrected chi connectivity index (χ3v) is 3.39. The zero-order valence-corrected chi connectivity index (χ0v) is 14.8. The number of rotatable bonds is 6. The van der Waals surface area contributed by atoms with Crippen molar-refractivity contribution in [3.05, 3.63) is 53.6 Å². The summed E-state index contributed by atoms with van der Waals surface area (Å²) in [7, 11) is 3.19. The first-order valence-electron chi connectivity index (χ1n) is 7.76. The van der Waals surface area contributed by atoms with Crippen LogP contribution in [0.15, 0.2) is 42.5 Å². The van der Waals surface area contributed by atoms with E-state index in [9.17, 15) is 9.59 Å². The van der Waals surface area contributed by atoms with Crippen molar-refractivity contribution in [3.8, 4) is 5.75 Å². The number of amides is 1. The number of diazo groups is 1. The topological polar surface area (TPSA) is 124 Å². The maximum absolute atomic E-state index is 12.3. The maximum Gasteiger partial charge on any atom is 0.340 e. The lowest BCUT2D eigenvalue weighted by molar-refractivity contribution is -0.175. The van der Waals surface area contributed by atoms with Gasteiger partial charge in [0.25, 0.3) is 5.91 Å². The molecule has 0 fully saturated rings. The molecule has 0 unspecified atom stereocenters. The van der Waals surface area contributed by atoms with Gasteiger partial charge in [0, 0.05) is 18.7 Å². The highest BCUT2D eigenvalue weighted by atomic mass is 16.5. The van der Waals surface area contributed by atoms with Crippen LogP contribution in [0.1, 0.15) is 27.6 Å². The summed E-state index contributed by atoms with van der Waals surface area (Å²) < 4.78 is 10.4. The molecule has 136 valence electrons. The van der Waals surface area contributed by atoms with Gasteiger partial charge in [-0.05, 0) is 25.1 Å². The Kier molecular flexibility index (Phi) is 8.10. The second kappa shape index (κ2) is 10.3. The van der Waals surface area contributed by atoms with Crippen molar-refractivity contribution in [2.24, 2.45) is 0 Å². The van der Waals surface area contributed by atoms with Gasteiger partial charge in [-0.15, -0.1) is 0 Å². The predicted molar refractivity (Wildman–Crippen MR) is 95.6 cm³/mol. The molecule has 0 atom stereocenters. The Morgan fingerprint density at radius 1 is 1.12 bits per heavy atom. The number of hydrogen-bond donors (Lipinski definition) is 3. The average molecular weight is 357 g/mol. The first kappa shape index (κ1) is 20.4. The summed E-state index contributed by atoms with van der Waals surface area (Å²) in [6.45, 7) is 2.00. The number of esters is 1. The zero-order chi connectivity index (χ0) is 19.5. The molecule has 0 aliphatic rings. The van der Waals surface area contributed by atoms with E-state index in [2.05, 4.69) is 10.6 Å². The molecule has 8 heteroatoms. The summed E-state index contributed by atoms with van der Waals surface area (Å²) in [4.78, 5) is 24.5. The first-order chi connectivity index (χ1) is 12.6. The highest BCUT2D eigenvalue weighted by Crippen LogP contribution is 2.32. The highest BCUT2D eigenvalue weighted by Gasteiger charge is 2.18. The fourth-order valence-corrected chi connectivity index (χ4v) is 2.21. The Morgan fingerprint density at radius 3 is 2.31 bits per heavy atom. The van der Waals surface area contributed by atoms with Gasteiger partial charge in [-0.25, -0.2) is 4.79 Å². The molecule has 0 aliphatic heterocycles. The standard InChI is InChI=1S/C18H20N2O4.N2/c1-4-24-18(22)13-10-15(16(23-3)11-14(13)19-2)20-17(21)12-8-6-5-7-9-12;1-2/h5-11,19H,4H2,1-3H3,(H,20,21);/p+1. The Hall–Kier alpha value is -3.60. The number of hydrogen-bond acceptors (Lipinski definition) is 6. The van der Waals surface area contributed by atoms with E-state index in [1.165, 1.54) is 7.11 Å². The van der Waals surface area contributed by atoms with Crippen LogP contribution in [0.2, 0.25) is 0 Å². The molecule has 0 saturated carbocycles. The van der Waals surface area contributed by atoms with Crippen molar-refractivity contribution in [1.82, 2.24) is 0 Å². The third kappa shape index (κ3) is 4.95. The average Bonchev–Trinajstić information content (AvgIpc) is 2.70. The Labute approximate surface area is 151 Å². The molecule has 8 nitrogen and oxygen atoms in total. The summed E-state index contributed by atoms with van der Waals surface area (Å²) in [5.74, 6) is -0.322. The molecule has 0 aliphatic carbocycles. The summed E-state index contributed by atoms with van der Waals surface area (Å²) in [6, 6.07) is 12.0. The fourth-order valence-electron chi connectivity index (χ4n) is 2.21. The molecule has 0 aromatic heterocycles. The van der Waals surface area contributed by atoms with E-state index in [0.717, 1.165) is 0 Å². The molecule has 2 aromatic rings. The maximum atomic E-state index is 12.3. The molecule has 0 saturated heterocycles. The van der Waals surface area contributed by atoms with E-state index in [4.69, 9.17) is 20.3 Å². The van der Waals surface area contributed by atoms with E-state index < -0.39 is 5.97 Å². The van der Waals surface area contributed by atoms with Crippen LogP contribution >= 0.6 is 0 Å². The zero-order valence-electron chi connectivity index (χ0n) is 14.8. The highest BCUT2D eigenvalue weighted by molar-refractivity contribution is 6.06. The minimum atomic E-state index is -0.472. The minimum Gasteiger partial charge on any atom is -0.494 e. The van der Waals surface area contributed by atoms with Gasteiger partial charge in [-0.2, -0.15) is 0 Å². The van der Waals surface area contributed by atoms with Crippen molar-refractivity contribution < 1.29 is 24.5 Å². The lowest BCUT2D eigenvalue weighted by Gasteiger charge is -2.15. The molecule has 0 heterocycles. The third-order valence-electron chi connectivity index (χ3n) is 3.39. The molecule has 2 rings (SSSR count). The summed E-state index contributed by atoms with van der Waals surface area (Å²) in [5, 5.41) is 16.7. The summed E-state index contributed by atoms with van der Waals surface area (Å²) >= 11 is 0. The molecule has 3 N–H and O–H groups in total. The number of benzene rings is 2. The lowest BCUT2D eigenvalue weighted by atomic mass is 10.1. The number of nitrogens with one attached hydrogen (secondary N) is 3. The van der Waals surface area contributed by atoms with Crippen molar-refractivity contribution in [2.75, 3.05) is 31.4 Å². The smallest absolute Gasteiger partial charge is 0.340 e. The van der Waals surface area contributed by atoms with E-state index >= 15 is 0 Å². The van der Waals surface area contributed by atoms with Crippen molar-refractivity contribution in [3.63, 3.8) is 0 Å². The number of nitrogens with zero attached hydrogens (tertiary/aromatic N) is 1. The van der Waals surface area contributed by atoms with E-state index in [-0.39, 0.29) is 12.5 Å². The first-order valence-corrected chi connectivity index (χ1v) is 7.76. The monoisotopic (exact) mass is 357 g/mol. The number of ether oxygens (including phenoxy) is 2. The number of carbonyl (C=O) groups excluding carboxylic acids is 2. The van der Waals surface area contributed by atoms with Crippen LogP contribution in [-0.2, 0) is 4.74 Å². The summed E-state index contributed by atoms with van der Waals surface area (Å²) in [6.07, 6.45) is 0. The normalized spacial score (nSPS) is 9.27. The fraction of sp³-hybridized carbons (Fsp3) is 0.222. The van der Waals surface area contributed by atoms with Crippen LogP contribution in [0.3, 0.4) is 0 Å². The van der Waals surface area contributed by atoms with Crippen LogP contribution in [0, 0.1) is 5.39 Å². The van der Waals surface area contributed by atoms with Crippen LogP contribution in [0.25, 0.3) is 0 Å². The number of methoxy groups -OCH3 is 1. The van der Waals surface area contributed by atoms with E-state index in [1.807, 2.05) is 6.07 Å². The second-order valence-electron chi connectivity index (χ2n) is 4.89. The van der Waals surface area contributed by atoms with Crippen molar-refractivity contribution in [1.29, 1.82) is 5.39 Å². The molecular weight excluding hydrogens is 336 g/mol. The molecule has 2 aromatic carbocycles.